The number of Topliss-reactive ketones (excluding diaryl/α,β-unsaturated/α-hetero) is 1. The highest BCUT2D eigenvalue weighted by Gasteiger charge is 2.36. The number of hydrogen-bond donors (Lipinski definition) is 0. The zero-order chi connectivity index (χ0) is 29.5. The van der Waals surface area contributed by atoms with Crippen LogP contribution in [0.2, 0.25) is 0 Å². The second-order valence-corrected chi connectivity index (χ2v) is 14.0. The van der Waals surface area contributed by atoms with Crippen molar-refractivity contribution in [3.05, 3.63) is 137 Å². The molecule has 0 atom stereocenters. The number of carbonyl (C=O) groups is 1. The molecule has 1 aliphatic rings. The Kier molecular flexibility index (Phi) is 7.18. The highest BCUT2D eigenvalue weighted by molar-refractivity contribution is 7.90. The van der Waals surface area contributed by atoms with Crippen molar-refractivity contribution in [3.8, 4) is 0 Å². The summed E-state index contributed by atoms with van der Waals surface area (Å²) < 4.78 is 58.3. The van der Waals surface area contributed by atoms with E-state index in [4.69, 9.17) is 0 Å². The standard InChI is InChI=1S/C33H28N2O5S2/c1-24-16-18-25(19-17-24)22-26-23-34(41(37,38)27-10-4-2-5-11-27)21-20-30-29-14-8-9-15-31(29)35(32(30)33(26)36)42(39,40)28-12-6-3-7-13-28/h2-19,22H,20-21,23H2,1H3/b26-22+. The van der Waals surface area contributed by atoms with E-state index in [2.05, 4.69) is 0 Å². The molecule has 42 heavy (non-hydrogen) atoms. The lowest BCUT2D eigenvalue weighted by molar-refractivity contribution is 0.102. The van der Waals surface area contributed by atoms with E-state index in [0.29, 0.717) is 22.0 Å². The molecule has 0 unspecified atom stereocenters. The van der Waals surface area contributed by atoms with Gasteiger partial charge in [0, 0.05) is 24.0 Å². The van der Waals surface area contributed by atoms with Gasteiger partial charge in [-0.3, -0.25) is 4.79 Å². The average molecular weight is 597 g/mol. The third kappa shape index (κ3) is 4.89. The van der Waals surface area contributed by atoms with E-state index in [-0.39, 0.29) is 40.6 Å². The minimum Gasteiger partial charge on any atom is -0.287 e. The molecule has 1 aromatic heterocycles. The number of sulfonamides is 1. The molecule has 4 aromatic carbocycles. The molecule has 0 fully saturated rings. The van der Waals surface area contributed by atoms with Crippen LogP contribution in [0.4, 0.5) is 0 Å². The quantitative estimate of drug-likeness (QED) is 0.243. The number of hydrogen-bond acceptors (Lipinski definition) is 5. The van der Waals surface area contributed by atoms with Crippen LogP contribution in [-0.2, 0) is 26.5 Å². The molecule has 0 saturated heterocycles. The van der Waals surface area contributed by atoms with Crippen LogP contribution in [0.15, 0.2) is 125 Å². The molecular weight excluding hydrogens is 569 g/mol. The van der Waals surface area contributed by atoms with Crippen LogP contribution in [0, 0.1) is 6.92 Å². The Morgan fingerprint density at radius 2 is 1.26 bits per heavy atom. The summed E-state index contributed by atoms with van der Waals surface area (Å²) in [6, 6.07) is 30.6. The molecule has 212 valence electrons. The molecule has 0 radical (unpaired) electrons. The molecule has 0 saturated carbocycles. The third-order valence-electron chi connectivity index (χ3n) is 7.48. The van der Waals surface area contributed by atoms with E-state index in [0.717, 1.165) is 9.54 Å². The van der Waals surface area contributed by atoms with Gasteiger partial charge in [0.1, 0.15) is 5.69 Å². The van der Waals surface area contributed by atoms with Crippen molar-refractivity contribution < 1.29 is 21.6 Å². The molecule has 0 bridgehead atoms. The maximum Gasteiger partial charge on any atom is 0.268 e. The van der Waals surface area contributed by atoms with Crippen LogP contribution in [-0.4, -0.2) is 44.0 Å². The molecule has 5 aromatic rings. The lowest BCUT2D eigenvalue weighted by atomic mass is 9.97. The first-order chi connectivity index (χ1) is 20.2. The summed E-state index contributed by atoms with van der Waals surface area (Å²) >= 11 is 0. The molecular formula is C33H28N2O5S2. The maximum atomic E-state index is 14.6. The lowest BCUT2D eigenvalue weighted by Crippen LogP contribution is -2.38. The summed E-state index contributed by atoms with van der Waals surface area (Å²) in [5, 5.41) is 0.592. The van der Waals surface area contributed by atoms with Gasteiger partial charge in [0.25, 0.3) is 10.0 Å². The van der Waals surface area contributed by atoms with Gasteiger partial charge in [0.2, 0.25) is 15.8 Å². The third-order valence-corrected chi connectivity index (χ3v) is 11.1. The first-order valence-corrected chi connectivity index (χ1v) is 16.4. The molecule has 7 nitrogen and oxygen atoms in total. The van der Waals surface area contributed by atoms with E-state index in [9.17, 15) is 21.6 Å². The maximum absolute atomic E-state index is 14.6. The lowest BCUT2D eigenvalue weighted by Gasteiger charge is -2.26. The van der Waals surface area contributed by atoms with E-state index in [1.807, 2.05) is 31.2 Å². The number of nitrogens with zero attached hydrogens (tertiary/aromatic N) is 2. The van der Waals surface area contributed by atoms with Crippen molar-refractivity contribution in [2.45, 2.75) is 23.1 Å². The number of rotatable bonds is 5. The number of aromatic nitrogens is 1. The van der Waals surface area contributed by atoms with Crippen molar-refractivity contribution in [2.24, 2.45) is 0 Å². The van der Waals surface area contributed by atoms with Gasteiger partial charge in [0.05, 0.1) is 15.3 Å². The van der Waals surface area contributed by atoms with Gasteiger partial charge in [-0.05, 0) is 60.9 Å². The Morgan fingerprint density at radius 3 is 1.90 bits per heavy atom. The highest BCUT2D eigenvalue weighted by Crippen LogP contribution is 2.35. The minimum atomic E-state index is -4.17. The van der Waals surface area contributed by atoms with Gasteiger partial charge in [-0.1, -0.05) is 84.4 Å². The van der Waals surface area contributed by atoms with Gasteiger partial charge in [-0.15, -0.1) is 0 Å². The second-order valence-electron chi connectivity index (χ2n) is 10.2. The molecule has 0 aliphatic carbocycles. The number of aryl methyl sites for hydroxylation is 1. The van der Waals surface area contributed by atoms with Crippen LogP contribution in [0.25, 0.3) is 17.0 Å². The average Bonchev–Trinajstić information content (AvgIpc) is 3.34. The predicted molar refractivity (Wildman–Crippen MR) is 163 cm³/mol. The zero-order valence-corrected chi connectivity index (χ0v) is 24.5. The first kappa shape index (κ1) is 27.8. The fraction of sp³-hybridized carbons (Fsp3) is 0.121. The normalized spacial score (nSPS) is 15.8. The predicted octanol–water partition coefficient (Wildman–Crippen LogP) is 5.70. The Morgan fingerprint density at radius 1 is 0.690 bits per heavy atom. The van der Waals surface area contributed by atoms with Gasteiger partial charge < -0.3 is 0 Å². The van der Waals surface area contributed by atoms with Crippen LogP contribution in [0.5, 0.6) is 0 Å². The summed E-state index contributed by atoms with van der Waals surface area (Å²) in [5.74, 6) is -0.533. The summed E-state index contributed by atoms with van der Waals surface area (Å²) in [6.07, 6.45) is 1.81. The molecule has 0 amide bonds. The number of carbonyl (C=O) groups excluding carboxylic acids is 1. The van der Waals surface area contributed by atoms with Gasteiger partial charge >= 0.3 is 0 Å². The van der Waals surface area contributed by atoms with Gasteiger partial charge in [-0.25, -0.2) is 20.8 Å². The topological polar surface area (TPSA) is 93.5 Å². The Bertz CT molecular complexity index is 2050. The van der Waals surface area contributed by atoms with Crippen molar-refractivity contribution in [3.63, 3.8) is 0 Å². The SMILES string of the molecule is Cc1ccc(/C=C2\CN(S(=O)(=O)c3ccccc3)CCc3c(n(S(=O)(=O)c4ccccc4)c4ccccc34)C2=O)cc1. The van der Waals surface area contributed by atoms with Gasteiger partial charge in [-0.2, -0.15) is 4.31 Å². The fourth-order valence-corrected chi connectivity index (χ4v) is 8.36. The number of benzene rings is 4. The summed E-state index contributed by atoms with van der Waals surface area (Å²) in [4.78, 5) is 14.7. The largest absolute Gasteiger partial charge is 0.287 e. The zero-order valence-electron chi connectivity index (χ0n) is 22.8. The molecule has 6 rings (SSSR count). The summed E-state index contributed by atoms with van der Waals surface area (Å²) in [7, 11) is -8.14. The van der Waals surface area contributed by atoms with E-state index in [1.54, 1.807) is 66.7 Å². The number of fused-ring (bicyclic) bond motifs is 3. The number of ketones is 1. The van der Waals surface area contributed by atoms with Crippen molar-refractivity contribution in [2.75, 3.05) is 13.1 Å². The molecule has 0 N–H and O–H groups in total. The summed E-state index contributed by atoms with van der Waals surface area (Å²) in [6.45, 7) is 1.80. The van der Waals surface area contributed by atoms with Crippen molar-refractivity contribution in [1.29, 1.82) is 0 Å². The van der Waals surface area contributed by atoms with E-state index >= 15 is 0 Å². The highest BCUT2D eigenvalue weighted by atomic mass is 32.2. The molecule has 0 spiro atoms. The molecule has 9 heteroatoms. The van der Waals surface area contributed by atoms with Crippen molar-refractivity contribution >= 4 is 42.8 Å². The van der Waals surface area contributed by atoms with E-state index < -0.39 is 25.8 Å². The Balaban J connectivity index is 1.61. The number of para-hydroxylation sites is 1. The molecule has 2 heterocycles. The fourth-order valence-electron chi connectivity index (χ4n) is 5.36. The van der Waals surface area contributed by atoms with Crippen LogP contribution in [0.3, 0.4) is 0 Å². The van der Waals surface area contributed by atoms with Crippen LogP contribution >= 0.6 is 0 Å². The Hall–Kier alpha value is -4.31. The van der Waals surface area contributed by atoms with Crippen molar-refractivity contribution in [1.82, 2.24) is 8.28 Å². The Labute approximate surface area is 245 Å². The van der Waals surface area contributed by atoms with Crippen LogP contribution in [0.1, 0.15) is 27.2 Å². The summed E-state index contributed by atoms with van der Waals surface area (Å²) in [5.41, 5.74) is 2.82. The smallest absolute Gasteiger partial charge is 0.268 e. The minimum absolute atomic E-state index is 0.0372. The second kappa shape index (κ2) is 10.8. The first-order valence-electron chi connectivity index (χ1n) is 13.5. The van der Waals surface area contributed by atoms with Crippen LogP contribution < -0.4 is 0 Å². The molecule has 1 aliphatic heterocycles. The monoisotopic (exact) mass is 596 g/mol. The van der Waals surface area contributed by atoms with E-state index in [1.165, 1.54) is 28.6 Å². The van der Waals surface area contributed by atoms with Gasteiger partial charge in [0.15, 0.2) is 0 Å².